The van der Waals surface area contributed by atoms with Crippen LogP contribution in [0.1, 0.15) is 72.4 Å². The predicted octanol–water partition coefficient (Wildman–Crippen LogP) is 7.95. The molecule has 6 nitrogen and oxygen atoms in total. The lowest BCUT2D eigenvalue weighted by Crippen LogP contribution is -2.29. The van der Waals surface area contributed by atoms with Crippen LogP contribution in [-0.4, -0.2) is 27.5 Å². The van der Waals surface area contributed by atoms with E-state index in [0.29, 0.717) is 17.6 Å². The number of nitrogens with zero attached hydrogens (tertiary/aromatic N) is 2. The Morgan fingerprint density at radius 2 is 1.79 bits per heavy atom. The summed E-state index contributed by atoms with van der Waals surface area (Å²) >= 11 is 0. The number of hydrogen-bond donors (Lipinski definition) is 1. The van der Waals surface area contributed by atoms with E-state index in [4.69, 9.17) is 9.72 Å². The molecule has 0 amide bonds. The zero-order valence-electron chi connectivity index (χ0n) is 22.8. The van der Waals surface area contributed by atoms with Crippen LogP contribution in [0, 0.1) is 11.3 Å². The molecule has 1 aromatic heterocycles. The number of ether oxygens (including phenoxy) is 2. The SMILES string of the molecule is C[C@H]1C[C@@H](n2c(Nc3ccc(OC(F)(F)F)cc3)nc3cc(CC(=O)OC(C)(C)C)ccc32)CC(C)(C)C1. The molecule has 1 heterocycles. The number of esters is 1. The van der Waals surface area contributed by atoms with Crippen molar-refractivity contribution in [3.05, 3.63) is 48.0 Å². The van der Waals surface area contributed by atoms with Crippen molar-refractivity contribution < 1.29 is 27.4 Å². The van der Waals surface area contributed by atoms with Gasteiger partial charge in [0.1, 0.15) is 11.4 Å². The topological polar surface area (TPSA) is 65.4 Å². The van der Waals surface area contributed by atoms with Gasteiger partial charge < -0.3 is 19.4 Å². The van der Waals surface area contributed by atoms with Crippen molar-refractivity contribution in [1.82, 2.24) is 9.55 Å². The van der Waals surface area contributed by atoms with E-state index in [1.54, 1.807) is 0 Å². The van der Waals surface area contributed by atoms with Gasteiger partial charge in [-0.15, -0.1) is 13.2 Å². The minimum atomic E-state index is -4.75. The first-order valence-corrected chi connectivity index (χ1v) is 12.9. The molecule has 206 valence electrons. The summed E-state index contributed by atoms with van der Waals surface area (Å²) in [6, 6.07) is 11.6. The zero-order valence-corrected chi connectivity index (χ0v) is 22.8. The molecule has 0 radical (unpaired) electrons. The lowest BCUT2D eigenvalue weighted by Gasteiger charge is -2.40. The molecule has 0 unspecified atom stereocenters. The average Bonchev–Trinajstić information content (AvgIpc) is 3.08. The van der Waals surface area contributed by atoms with E-state index in [-0.39, 0.29) is 29.6 Å². The summed E-state index contributed by atoms with van der Waals surface area (Å²) in [6.45, 7) is 12.3. The van der Waals surface area contributed by atoms with Gasteiger partial charge in [-0.05, 0) is 93.3 Å². The van der Waals surface area contributed by atoms with Crippen LogP contribution in [0.5, 0.6) is 5.75 Å². The second kappa shape index (κ2) is 10.2. The van der Waals surface area contributed by atoms with E-state index in [1.165, 1.54) is 24.3 Å². The van der Waals surface area contributed by atoms with E-state index in [2.05, 4.69) is 35.4 Å². The molecule has 3 aromatic rings. The molecule has 2 aromatic carbocycles. The highest BCUT2D eigenvalue weighted by molar-refractivity contribution is 5.82. The van der Waals surface area contributed by atoms with Gasteiger partial charge in [0, 0.05) is 11.7 Å². The zero-order chi connectivity index (χ0) is 27.9. The van der Waals surface area contributed by atoms with E-state index < -0.39 is 12.0 Å². The molecule has 1 N–H and O–H groups in total. The van der Waals surface area contributed by atoms with Gasteiger partial charge in [0.2, 0.25) is 5.95 Å². The van der Waals surface area contributed by atoms with Crippen LogP contribution in [-0.2, 0) is 16.0 Å². The van der Waals surface area contributed by atoms with E-state index >= 15 is 0 Å². The van der Waals surface area contributed by atoms with E-state index in [9.17, 15) is 18.0 Å². The molecule has 2 atom stereocenters. The van der Waals surface area contributed by atoms with Crippen molar-refractivity contribution in [2.75, 3.05) is 5.32 Å². The van der Waals surface area contributed by atoms with Gasteiger partial charge >= 0.3 is 12.3 Å². The second-order valence-electron chi connectivity index (χ2n) is 12.2. The monoisotopic (exact) mass is 531 g/mol. The van der Waals surface area contributed by atoms with Crippen LogP contribution in [0.4, 0.5) is 24.8 Å². The maximum absolute atomic E-state index is 12.6. The molecule has 38 heavy (non-hydrogen) atoms. The average molecular weight is 532 g/mol. The predicted molar refractivity (Wildman–Crippen MR) is 142 cm³/mol. The van der Waals surface area contributed by atoms with Crippen LogP contribution in [0.25, 0.3) is 11.0 Å². The minimum Gasteiger partial charge on any atom is -0.460 e. The summed E-state index contributed by atoms with van der Waals surface area (Å²) in [4.78, 5) is 17.3. The third-order valence-corrected chi connectivity index (χ3v) is 6.60. The summed E-state index contributed by atoms with van der Waals surface area (Å²) in [7, 11) is 0. The van der Waals surface area contributed by atoms with Crippen molar-refractivity contribution in [3.63, 3.8) is 0 Å². The summed E-state index contributed by atoms with van der Waals surface area (Å²) in [5, 5.41) is 3.31. The third kappa shape index (κ3) is 7.20. The fourth-order valence-electron chi connectivity index (χ4n) is 5.62. The first kappa shape index (κ1) is 27.8. The van der Waals surface area contributed by atoms with Crippen molar-refractivity contribution in [2.24, 2.45) is 11.3 Å². The Labute approximate surface area is 221 Å². The highest BCUT2D eigenvalue weighted by atomic mass is 19.4. The molecular weight excluding hydrogens is 495 g/mol. The number of halogens is 3. The Morgan fingerprint density at radius 1 is 1.11 bits per heavy atom. The molecule has 0 saturated heterocycles. The van der Waals surface area contributed by atoms with Crippen molar-refractivity contribution in [1.29, 1.82) is 0 Å². The third-order valence-electron chi connectivity index (χ3n) is 6.60. The number of carbonyl (C=O) groups excluding carboxylic acids is 1. The number of aromatic nitrogens is 2. The minimum absolute atomic E-state index is 0.136. The Bertz CT molecular complexity index is 1290. The van der Waals surface area contributed by atoms with Gasteiger partial charge in [0.05, 0.1) is 17.5 Å². The van der Waals surface area contributed by atoms with Crippen molar-refractivity contribution in [3.8, 4) is 5.75 Å². The molecule has 1 aliphatic rings. The molecule has 0 bridgehead atoms. The number of carbonyl (C=O) groups is 1. The van der Waals surface area contributed by atoms with Gasteiger partial charge in [0.15, 0.2) is 0 Å². The number of fused-ring (bicyclic) bond motifs is 1. The van der Waals surface area contributed by atoms with Crippen LogP contribution in [0.15, 0.2) is 42.5 Å². The Morgan fingerprint density at radius 3 is 2.39 bits per heavy atom. The number of alkyl halides is 3. The van der Waals surface area contributed by atoms with Crippen LogP contribution >= 0.6 is 0 Å². The lowest BCUT2D eigenvalue weighted by molar-refractivity contribution is -0.274. The number of hydrogen-bond acceptors (Lipinski definition) is 5. The fraction of sp³-hybridized carbons (Fsp3) is 0.517. The van der Waals surface area contributed by atoms with Gasteiger partial charge in [-0.1, -0.05) is 26.8 Å². The second-order valence-corrected chi connectivity index (χ2v) is 12.2. The number of nitrogens with one attached hydrogen (secondary N) is 1. The van der Waals surface area contributed by atoms with Gasteiger partial charge in [-0.3, -0.25) is 4.79 Å². The van der Waals surface area contributed by atoms with E-state index in [0.717, 1.165) is 35.9 Å². The Balaban J connectivity index is 1.68. The first-order valence-electron chi connectivity index (χ1n) is 12.9. The van der Waals surface area contributed by atoms with Gasteiger partial charge in [-0.25, -0.2) is 4.98 Å². The standard InChI is InChI=1S/C29H36F3N3O3/c1-18-13-21(17-28(5,6)16-18)35-24-12-7-19(15-25(36)38-27(2,3)4)14-23(24)34-26(35)33-20-8-10-22(11-9-20)37-29(30,31)32/h7-12,14,18,21H,13,15-17H2,1-6H3,(H,33,34)/t18-,21+/m0/s1. The Kier molecular flexibility index (Phi) is 7.43. The summed E-state index contributed by atoms with van der Waals surface area (Å²) in [5.41, 5.74) is 2.66. The quantitative estimate of drug-likeness (QED) is 0.327. The van der Waals surface area contributed by atoms with Crippen LogP contribution in [0.3, 0.4) is 0 Å². The molecule has 0 spiro atoms. The normalized spacial score (nSPS) is 19.8. The molecule has 1 aliphatic carbocycles. The molecule has 4 rings (SSSR count). The number of anilines is 2. The largest absolute Gasteiger partial charge is 0.573 e. The maximum atomic E-state index is 12.6. The highest BCUT2D eigenvalue weighted by Crippen LogP contribution is 2.46. The summed E-state index contributed by atoms with van der Waals surface area (Å²) in [6.07, 6.45) is -1.52. The number of benzene rings is 2. The first-order chi connectivity index (χ1) is 17.6. The van der Waals surface area contributed by atoms with Gasteiger partial charge in [-0.2, -0.15) is 0 Å². The van der Waals surface area contributed by atoms with Crippen LogP contribution in [0.2, 0.25) is 0 Å². The number of imidazole rings is 1. The van der Waals surface area contributed by atoms with Crippen LogP contribution < -0.4 is 10.1 Å². The summed E-state index contributed by atoms with van der Waals surface area (Å²) in [5.74, 6) is 0.540. The molecule has 9 heteroatoms. The van der Waals surface area contributed by atoms with Crippen molar-refractivity contribution >= 4 is 28.6 Å². The van der Waals surface area contributed by atoms with E-state index in [1.807, 2.05) is 39.0 Å². The smallest absolute Gasteiger partial charge is 0.460 e. The molecular formula is C29H36F3N3O3. The maximum Gasteiger partial charge on any atom is 0.573 e. The lowest BCUT2D eigenvalue weighted by atomic mass is 9.70. The molecule has 1 fully saturated rings. The molecule has 1 saturated carbocycles. The van der Waals surface area contributed by atoms with Crippen molar-refractivity contribution in [2.45, 2.75) is 85.2 Å². The Hall–Kier alpha value is -3.23. The summed E-state index contributed by atoms with van der Waals surface area (Å²) < 4.78 is 49.4. The van der Waals surface area contributed by atoms with Gasteiger partial charge in [0.25, 0.3) is 0 Å². The fourth-order valence-corrected chi connectivity index (χ4v) is 5.62. The molecule has 0 aliphatic heterocycles. The number of rotatable bonds is 6. The highest BCUT2D eigenvalue weighted by Gasteiger charge is 2.35.